The number of hydrogen-bond acceptors (Lipinski definition) is 0. The molecule has 0 aliphatic carbocycles. The van der Waals surface area contributed by atoms with Crippen molar-refractivity contribution in [2.24, 2.45) is 7.05 Å². The normalized spacial score (nSPS) is 12.5. The lowest BCUT2D eigenvalue weighted by Gasteiger charge is -2.27. The molecule has 0 fully saturated rings. The minimum Gasteiger partial charge on any atom is -0.201 e. The molecule has 2 aromatic carbocycles. The van der Waals surface area contributed by atoms with Gasteiger partial charge < -0.3 is 0 Å². The fourth-order valence-electron chi connectivity index (χ4n) is 4.40. The Kier molecular flexibility index (Phi) is 5.96. The largest absolute Gasteiger partial charge is 0.212 e. The highest BCUT2D eigenvalue weighted by Crippen LogP contribution is 2.36. The minimum absolute atomic E-state index is 0.0219. The van der Waals surface area contributed by atoms with E-state index in [1.54, 1.807) is 0 Å². The molecule has 1 aromatic heterocycles. The fourth-order valence-corrected chi connectivity index (χ4v) is 4.40. The van der Waals surface area contributed by atoms with E-state index in [1.165, 1.54) is 39.1 Å². The average Bonchev–Trinajstić information content (AvgIpc) is 2.67. The van der Waals surface area contributed by atoms with Gasteiger partial charge in [-0.1, -0.05) is 90.9 Å². The second-order valence-corrected chi connectivity index (χ2v) is 10.6. The van der Waals surface area contributed by atoms with Crippen LogP contribution in [0.4, 0.5) is 0 Å². The van der Waals surface area contributed by atoms with Crippen LogP contribution in [0.2, 0.25) is 0 Å². The molecule has 0 aliphatic rings. The number of rotatable bonds is 4. The van der Waals surface area contributed by atoms with Gasteiger partial charge in [-0.3, -0.25) is 0 Å². The summed E-state index contributed by atoms with van der Waals surface area (Å²) >= 11 is 0. The zero-order chi connectivity index (χ0) is 22.3. The highest BCUT2D eigenvalue weighted by atomic mass is 14.9. The van der Waals surface area contributed by atoms with Gasteiger partial charge in [-0.25, -0.2) is 4.57 Å². The van der Waals surface area contributed by atoms with Crippen LogP contribution in [0.15, 0.2) is 60.8 Å². The Morgan fingerprint density at radius 1 is 0.800 bits per heavy atom. The fraction of sp³-hybridized carbons (Fsp3) is 0.414. The summed E-state index contributed by atoms with van der Waals surface area (Å²) in [6.45, 7) is 18.4. The van der Waals surface area contributed by atoms with Crippen molar-refractivity contribution >= 4 is 0 Å². The number of aromatic nitrogens is 1. The van der Waals surface area contributed by atoms with Crippen LogP contribution in [0.5, 0.6) is 0 Å². The van der Waals surface area contributed by atoms with Crippen LogP contribution in [-0.2, 0) is 17.9 Å². The van der Waals surface area contributed by atoms with Gasteiger partial charge in [0, 0.05) is 22.6 Å². The monoisotopic (exact) mass is 400 g/mol. The molecule has 3 rings (SSSR count). The first kappa shape index (κ1) is 22.3. The predicted octanol–water partition coefficient (Wildman–Crippen LogP) is 7.23. The molecule has 1 nitrogen and oxygen atoms in total. The molecule has 0 saturated carbocycles. The summed E-state index contributed by atoms with van der Waals surface area (Å²) in [5.41, 5.74) is 9.62. The zero-order valence-corrected chi connectivity index (χ0v) is 20.3. The van der Waals surface area contributed by atoms with E-state index < -0.39 is 0 Å². The lowest BCUT2D eigenvalue weighted by Crippen LogP contribution is -2.34. The number of benzene rings is 2. The van der Waals surface area contributed by atoms with E-state index >= 15 is 0 Å². The molecule has 1 heterocycles. The highest BCUT2D eigenvalue weighted by Gasteiger charge is 2.27. The van der Waals surface area contributed by atoms with Crippen molar-refractivity contribution in [3.63, 3.8) is 0 Å². The van der Waals surface area contributed by atoms with Crippen LogP contribution in [-0.4, -0.2) is 0 Å². The molecule has 0 radical (unpaired) electrons. The van der Waals surface area contributed by atoms with E-state index in [9.17, 15) is 0 Å². The van der Waals surface area contributed by atoms with E-state index in [0.29, 0.717) is 5.92 Å². The minimum atomic E-state index is -0.0219. The van der Waals surface area contributed by atoms with E-state index in [0.717, 1.165) is 0 Å². The highest BCUT2D eigenvalue weighted by molar-refractivity contribution is 5.64. The summed E-state index contributed by atoms with van der Waals surface area (Å²) in [5, 5.41) is 0. The standard InChI is InChI=1S/C29H38N/c1-20(2)25-18-27(30(9)19-26(25)28(4,5)6)24-16-15-23(17-21(24)3)29(7,8)22-13-11-10-12-14-22/h10-20H,1-9H3/q+1. The topological polar surface area (TPSA) is 3.88 Å². The van der Waals surface area contributed by atoms with Crippen molar-refractivity contribution in [1.82, 2.24) is 0 Å². The molecule has 0 spiro atoms. The quantitative estimate of drug-likeness (QED) is 0.407. The van der Waals surface area contributed by atoms with Crippen molar-refractivity contribution < 1.29 is 4.57 Å². The maximum absolute atomic E-state index is 2.41. The van der Waals surface area contributed by atoms with Gasteiger partial charge in [0.1, 0.15) is 7.05 Å². The molecule has 158 valence electrons. The van der Waals surface area contributed by atoms with Gasteiger partial charge in [0.25, 0.3) is 0 Å². The van der Waals surface area contributed by atoms with Gasteiger partial charge in [-0.2, -0.15) is 0 Å². The molecular weight excluding hydrogens is 362 g/mol. The zero-order valence-electron chi connectivity index (χ0n) is 20.3. The maximum atomic E-state index is 2.41. The molecule has 0 unspecified atom stereocenters. The molecular formula is C29H38N+. The van der Waals surface area contributed by atoms with Gasteiger partial charge in [0.05, 0.1) is 0 Å². The Morgan fingerprint density at radius 3 is 1.97 bits per heavy atom. The van der Waals surface area contributed by atoms with Crippen molar-refractivity contribution in [1.29, 1.82) is 0 Å². The van der Waals surface area contributed by atoms with Gasteiger partial charge in [0.15, 0.2) is 6.20 Å². The van der Waals surface area contributed by atoms with E-state index in [4.69, 9.17) is 0 Å². The van der Waals surface area contributed by atoms with Crippen molar-refractivity contribution in [2.75, 3.05) is 0 Å². The number of nitrogens with zero attached hydrogens (tertiary/aromatic N) is 1. The van der Waals surface area contributed by atoms with Crippen LogP contribution in [0.3, 0.4) is 0 Å². The van der Waals surface area contributed by atoms with Crippen LogP contribution >= 0.6 is 0 Å². The second-order valence-electron chi connectivity index (χ2n) is 10.6. The second kappa shape index (κ2) is 8.02. The van der Waals surface area contributed by atoms with Crippen LogP contribution < -0.4 is 4.57 Å². The summed E-state index contributed by atoms with van der Waals surface area (Å²) in [6, 6.07) is 20.2. The number of pyridine rings is 1. The molecule has 1 heteroatoms. The first-order chi connectivity index (χ1) is 13.9. The summed E-state index contributed by atoms with van der Waals surface area (Å²) in [6.07, 6.45) is 2.34. The molecule has 30 heavy (non-hydrogen) atoms. The molecule has 0 amide bonds. The van der Waals surface area contributed by atoms with Crippen molar-refractivity contribution in [3.8, 4) is 11.3 Å². The van der Waals surface area contributed by atoms with Gasteiger partial charge >= 0.3 is 0 Å². The van der Waals surface area contributed by atoms with Crippen LogP contribution in [0.25, 0.3) is 11.3 Å². The summed E-state index contributed by atoms with van der Waals surface area (Å²) in [7, 11) is 2.18. The third-order valence-electron chi connectivity index (χ3n) is 6.46. The SMILES string of the molecule is Cc1cc(C(C)(C)c2ccccc2)ccc1-c1cc(C(C)C)c(C(C)(C)C)c[n+]1C. The summed E-state index contributed by atoms with van der Waals surface area (Å²) < 4.78 is 2.30. The molecule has 0 saturated heterocycles. The Labute approximate surface area is 183 Å². The van der Waals surface area contributed by atoms with Crippen molar-refractivity contribution in [3.05, 3.63) is 88.6 Å². The third-order valence-corrected chi connectivity index (χ3v) is 6.46. The van der Waals surface area contributed by atoms with Crippen molar-refractivity contribution in [2.45, 2.75) is 72.1 Å². The first-order valence-corrected chi connectivity index (χ1v) is 11.1. The lowest BCUT2D eigenvalue weighted by molar-refractivity contribution is -0.661. The van der Waals surface area contributed by atoms with E-state index in [-0.39, 0.29) is 10.8 Å². The van der Waals surface area contributed by atoms with Crippen LogP contribution in [0, 0.1) is 6.92 Å². The van der Waals surface area contributed by atoms with Gasteiger partial charge in [-0.15, -0.1) is 0 Å². The number of aryl methyl sites for hydroxylation is 2. The van der Waals surface area contributed by atoms with Gasteiger partial charge in [-0.05, 0) is 46.6 Å². The number of hydrogen-bond donors (Lipinski definition) is 0. The predicted molar refractivity (Wildman–Crippen MR) is 129 cm³/mol. The molecule has 0 atom stereocenters. The first-order valence-electron chi connectivity index (χ1n) is 11.1. The van der Waals surface area contributed by atoms with Crippen LogP contribution in [0.1, 0.15) is 82.2 Å². The third kappa shape index (κ3) is 4.21. The molecule has 0 N–H and O–H groups in total. The average molecular weight is 401 g/mol. The van der Waals surface area contributed by atoms with Gasteiger partial charge in [0.2, 0.25) is 5.69 Å². The molecule has 0 bridgehead atoms. The smallest absolute Gasteiger partial charge is 0.201 e. The van der Waals surface area contributed by atoms with E-state index in [1.807, 2.05) is 0 Å². The maximum Gasteiger partial charge on any atom is 0.212 e. The Bertz CT molecular complexity index is 1030. The summed E-state index contributed by atoms with van der Waals surface area (Å²) in [4.78, 5) is 0. The summed E-state index contributed by atoms with van der Waals surface area (Å²) in [5.74, 6) is 0.496. The Balaban J connectivity index is 2.11. The Hall–Kier alpha value is -2.41. The van der Waals surface area contributed by atoms with E-state index in [2.05, 4.69) is 128 Å². The molecule has 3 aromatic rings. The molecule has 0 aliphatic heterocycles. The lowest BCUT2D eigenvalue weighted by atomic mass is 9.77. The Morgan fingerprint density at radius 2 is 1.43 bits per heavy atom.